The van der Waals surface area contributed by atoms with Gasteiger partial charge in [0.05, 0.1) is 0 Å². The molecule has 44 heavy (non-hydrogen) atoms. The second-order valence-corrected chi connectivity index (χ2v) is 11.9. The molecule has 2 aliphatic rings. The number of benzene rings is 3. The number of esters is 1. The largest absolute Gasteiger partial charge is 0.492 e. The molecule has 1 aromatic heterocycles. The van der Waals surface area contributed by atoms with Crippen LogP contribution in [0.4, 0.5) is 0 Å². The SMILES string of the molecule is O=C(O)C(=O)O.O=C(Oc1ccc(-c2sc3ccccc3c2Cc2ccc(OCCN3CCCC3)cc2)cc1)[C@@H]1CCCN1. The first-order valence-corrected chi connectivity index (χ1v) is 15.7. The molecule has 10 heteroatoms. The first-order chi connectivity index (χ1) is 21.4. The summed E-state index contributed by atoms with van der Waals surface area (Å²) in [4.78, 5) is 34.3. The summed E-state index contributed by atoms with van der Waals surface area (Å²) < 4.78 is 12.9. The van der Waals surface area contributed by atoms with Crippen LogP contribution >= 0.6 is 11.3 Å². The predicted octanol–water partition coefficient (Wildman–Crippen LogP) is 5.45. The first-order valence-electron chi connectivity index (χ1n) is 14.8. The van der Waals surface area contributed by atoms with Crippen molar-refractivity contribution in [2.75, 3.05) is 32.8 Å². The van der Waals surface area contributed by atoms with E-state index in [1.165, 1.54) is 52.0 Å². The zero-order chi connectivity index (χ0) is 30.9. The second-order valence-electron chi connectivity index (χ2n) is 10.8. The molecule has 0 amide bonds. The van der Waals surface area contributed by atoms with Crippen LogP contribution in [0.1, 0.15) is 36.8 Å². The van der Waals surface area contributed by atoms with Crippen LogP contribution in [0.25, 0.3) is 20.5 Å². The van der Waals surface area contributed by atoms with E-state index in [4.69, 9.17) is 29.3 Å². The van der Waals surface area contributed by atoms with Gasteiger partial charge in [-0.1, -0.05) is 30.3 Å². The third-order valence-electron chi connectivity index (χ3n) is 7.74. The summed E-state index contributed by atoms with van der Waals surface area (Å²) in [6.45, 7) is 5.01. The van der Waals surface area contributed by atoms with Gasteiger partial charge in [-0.25, -0.2) is 14.4 Å². The van der Waals surface area contributed by atoms with Crippen LogP contribution in [0.2, 0.25) is 0 Å². The summed E-state index contributed by atoms with van der Waals surface area (Å²) in [5.41, 5.74) is 3.73. The number of hydrogen-bond acceptors (Lipinski definition) is 8. The third kappa shape index (κ3) is 8.22. The van der Waals surface area contributed by atoms with Gasteiger partial charge in [-0.05, 0) is 116 Å². The Hall–Kier alpha value is -4.25. The predicted molar refractivity (Wildman–Crippen MR) is 170 cm³/mol. The molecule has 2 saturated heterocycles. The molecule has 2 aliphatic heterocycles. The van der Waals surface area contributed by atoms with E-state index in [-0.39, 0.29) is 12.0 Å². The lowest BCUT2D eigenvalue weighted by Crippen LogP contribution is -2.34. The maximum Gasteiger partial charge on any atom is 0.414 e. The molecule has 0 spiro atoms. The van der Waals surface area contributed by atoms with Crippen LogP contribution in [-0.2, 0) is 20.8 Å². The molecule has 0 radical (unpaired) electrons. The first kappa shape index (κ1) is 31.2. The monoisotopic (exact) mass is 616 g/mol. The van der Waals surface area contributed by atoms with Gasteiger partial charge in [0.1, 0.15) is 24.1 Å². The number of carbonyl (C=O) groups excluding carboxylic acids is 1. The zero-order valence-corrected chi connectivity index (χ0v) is 25.2. The molecule has 2 fully saturated rings. The number of aliphatic carboxylic acids is 2. The van der Waals surface area contributed by atoms with Crippen molar-refractivity contribution in [3.05, 3.63) is 83.9 Å². The highest BCUT2D eigenvalue weighted by Gasteiger charge is 2.24. The number of nitrogens with one attached hydrogen (secondary N) is 1. The van der Waals surface area contributed by atoms with Gasteiger partial charge in [0, 0.05) is 16.1 Å². The molecule has 3 N–H and O–H groups in total. The molecule has 3 aromatic carbocycles. The van der Waals surface area contributed by atoms with Crippen molar-refractivity contribution < 1.29 is 34.1 Å². The minimum absolute atomic E-state index is 0.189. The fourth-order valence-corrected chi connectivity index (χ4v) is 6.69. The van der Waals surface area contributed by atoms with Crippen LogP contribution in [-0.4, -0.2) is 71.8 Å². The van der Waals surface area contributed by atoms with E-state index in [2.05, 4.69) is 70.9 Å². The Morgan fingerprint density at radius 1 is 0.864 bits per heavy atom. The summed E-state index contributed by atoms with van der Waals surface area (Å²) in [5.74, 6) is -2.32. The van der Waals surface area contributed by atoms with E-state index >= 15 is 0 Å². The fourth-order valence-electron chi connectivity index (χ4n) is 5.46. The van der Waals surface area contributed by atoms with Crippen LogP contribution in [0, 0.1) is 0 Å². The van der Waals surface area contributed by atoms with E-state index in [1.54, 1.807) is 0 Å². The van der Waals surface area contributed by atoms with Crippen molar-refractivity contribution in [2.45, 2.75) is 38.1 Å². The average molecular weight is 617 g/mol. The van der Waals surface area contributed by atoms with Crippen molar-refractivity contribution >= 4 is 39.3 Å². The summed E-state index contributed by atoms with van der Waals surface area (Å²) in [7, 11) is 0. The molecule has 0 unspecified atom stereocenters. The Balaban J connectivity index is 0.000000584. The number of thiophene rings is 1. The standard InChI is InChI=1S/C32H34N2O3S.C2H2O4/c35-32(29-7-5-17-33-29)37-26-15-11-24(12-16-26)31-28(27-6-1-2-8-30(27)38-31)22-23-9-13-25(14-10-23)36-21-20-34-18-3-4-19-34;3-1(4)2(5)6/h1-2,6,8-16,29,33H,3-5,7,17-22H2;(H,3,4)(H,5,6)/t29-;/m0./s1. The van der Waals surface area contributed by atoms with Gasteiger partial charge in [-0.15, -0.1) is 11.3 Å². The van der Waals surface area contributed by atoms with Crippen molar-refractivity contribution in [1.82, 2.24) is 10.2 Å². The number of carboxylic acids is 2. The maximum absolute atomic E-state index is 12.4. The van der Waals surface area contributed by atoms with Gasteiger partial charge in [-0.2, -0.15) is 0 Å². The lowest BCUT2D eigenvalue weighted by Gasteiger charge is -2.15. The van der Waals surface area contributed by atoms with Gasteiger partial charge >= 0.3 is 17.9 Å². The number of likely N-dealkylation sites (tertiary alicyclic amines) is 1. The molecule has 4 aromatic rings. The Labute approximate surface area is 260 Å². The van der Waals surface area contributed by atoms with E-state index < -0.39 is 11.9 Å². The van der Waals surface area contributed by atoms with Crippen molar-refractivity contribution in [3.63, 3.8) is 0 Å². The molecular formula is C34H36N2O7S. The number of fused-ring (bicyclic) bond motifs is 1. The highest BCUT2D eigenvalue weighted by atomic mass is 32.1. The van der Waals surface area contributed by atoms with Gasteiger partial charge < -0.3 is 25.0 Å². The van der Waals surface area contributed by atoms with Crippen molar-refractivity contribution in [2.24, 2.45) is 0 Å². The third-order valence-corrected chi connectivity index (χ3v) is 9.00. The Kier molecular flexibility index (Phi) is 10.6. The number of carbonyl (C=O) groups is 3. The molecule has 3 heterocycles. The normalized spacial score (nSPS) is 16.3. The number of hydrogen-bond donors (Lipinski definition) is 3. The van der Waals surface area contributed by atoms with E-state index in [9.17, 15) is 4.79 Å². The molecule has 9 nitrogen and oxygen atoms in total. The molecule has 230 valence electrons. The summed E-state index contributed by atoms with van der Waals surface area (Å²) in [6.07, 6.45) is 5.32. The van der Waals surface area contributed by atoms with E-state index in [0.717, 1.165) is 50.3 Å². The zero-order valence-electron chi connectivity index (χ0n) is 24.4. The van der Waals surface area contributed by atoms with Crippen molar-refractivity contribution in [3.8, 4) is 21.9 Å². The number of rotatable bonds is 9. The quantitative estimate of drug-likeness (QED) is 0.128. The number of ether oxygens (including phenoxy) is 2. The Bertz CT molecular complexity index is 1560. The second kappa shape index (κ2) is 15.0. The lowest BCUT2D eigenvalue weighted by molar-refractivity contribution is -0.159. The van der Waals surface area contributed by atoms with Crippen LogP contribution in [0.15, 0.2) is 72.8 Å². The molecule has 1 atom stereocenters. The van der Waals surface area contributed by atoms with Gasteiger partial charge in [0.2, 0.25) is 0 Å². The lowest BCUT2D eigenvalue weighted by atomic mass is 9.99. The minimum Gasteiger partial charge on any atom is -0.492 e. The molecule has 0 saturated carbocycles. The maximum atomic E-state index is 12.4. The van der Waals surface area contributed by atoms with Crippen LogP contribution < -0.4 is 14.8 Å². The summed E-state index contributed by atoms with van der Waals surface area (Å²) in [5, 5.41) is 19.3. The smallest absolute Gasteiger partial charge is 0.414 e. The number of nitrogens with zero attached hydrogens (tertiary/aromatic N) is 1. The molecule has 0 aliphatic carbocycles. The molecule has 6 rings (SSSR count). The van der Waals surface area contributed by atoms with Gasteiger partial charge in [0.15, 0.2) is 0 Å². The van der Waals surface area contributed by atoms with E-state index in [1.807, 2.05) is 23.5 Å². The average Bonchev–Trinajstić information content (AvgIpc) is 3.82. The minimum atomic E-state index is -1.82. The molecular weight excluding hydrogens is 580 g/mol. The Morgan fingerprint density at radius 2 is 1.55 bits per heavy atom. The highest BCUT2D eigenvalue weighted by molar-refractivity contribution is 7.22. The fraction of sp³-hybridized carbons (Fsp3) is 0.324. The summed E-state index contributed by atoms with van der Waals surface area (Å²) >= 11 is 1.82. The van der Waals surface area contributed by atoms with Crippen molar-refractivity contribution in [1.29, 1.82) is 0 Å². The highest BCUT2D eigenvalue weighted by Crippen LogP contribution is 2.40. The van der Waals surface area contributed by atoms with Crippen LogP contribution in [0.3, 0.4) is 0 Å². The summed E-state index contributed by atoms with van der Waals surface area (Å²) in [6, 6.07) is 24.9. The van der Waals surface area contributed by atoms with Crippen LogP contribution in [0.5, 0.6) is 11.5 Å². The van der Waals surface area contributed by atoms with Gasteiger partial charge in [-0.3, -0.25) is 4.90 Å². The topological polar surface area (TPSA) is 125 Å². The number of carboxylic acid groups (broad SMARTS) is 2. The van der Waals surface area contributed by atoms with Gasteiger partial charge in [0.25, 0.3) is 0 Å². The Morgan fingerprint density at radius 3 is 2.20 bits per heavy atom. The molecule has 0 bridgehead atoms. The van der Waals surface area contributed by atoms with E-state index in [0.29, 0.717) is 5.75 Å².